The summed E-state index contributed by atoms with van der Waals surface area (Å²) in [6, 6.07) is 7.34. The minimum atomic E-state index is -0.671. The quantitative estimate of drug-likeness (QED) is 0.851. The smallest absolute Gasteiger partial charge is 0.267 e. The summed E-state index contributed by atoms with van der Waals surface area (Å²) >= 11 is 0. The van der Waals surface area contributed by atoms with E-state index in [1.54, 1.807) is 6.07 Å². The van der Waals surface area contributed by atoms with Gasteiger partial charge >= 0.3 is 0 Å². The highest BCUT2D eigenvalue weighted by atomic mass is 19.1. The summed E-state index contributed by atoms with van der Waals surface area (Å²) < 4.78 is 19.8. The summed E-state index contributed by atoms with van der Waals surface area (Å²) in [5.41, 5.74) is 1.78. The van der Waals surface area contributed by atoms with E-state index in [1.165, 1.54) is 28.9 Å². The normalized spacial score (nSPS) is 15.6. The number of aliphatic hydroxyl groups is 1. The van der Waals surface area contributed by atoms with Crippen LogP contribution in [0.1, 0.15) is 18.2 Å². The van der Waals surface area contributed by atoms with Gasteiger partial charge in [-0.05, 0) is 36.8 Å². The number of benzene rings is 1. The number of aromatic nitrogens is 2. The number of aryl methyl sites for hydroxylation is 1. The molecule has 0 saturated heterocycles. The first-order valence-corrected chi connectivity index (χ1v) is 8.44. The van der Waals surface area contributed by atoms with Crippen molar-refractivity contribution < 1.29 is 14.2 Å². The summed E-state index contributed by atoms with van der Waals surface area (Å²) in [4.78, 5) is 14.0. The summed E-state index contributed by atoms with van der Waals surface area (Å²) in [6.45, 7) is 4.40. The first-order valence-electron chi connectivity index (χ1n) is 8.44. The van der Waals surface area contributed by atoms with Gasteiger partial charge in [0.15, 0.2) is 0 Å². The maximum atomic E-state index is 12.9. The lowest BCUT2D eigenvalue weighted by Crippen LogP contribution is -2.40. The maximum absolute atomic E-state index is 12.9. The lowest BCUT2D eigenvalue weighted by Gasteiger charge is -2.29. The number of hydrogen-bond donors (Lipinski definition) is 1. The summed E-state index contributed by atoms with van der Waals surface area (Å²) in [5.74, 6) is 0.199. The van der Waals surface area contributed by atoms with Crippen LogP contribution in [0.5, 0.6) is 5.75 Å². The molecule has 0 saturated carbocycles. The number of rotatable bonds is 6. The average molecular weight is 347 g/mol. The Bertz CT molecular complexity index is 776. The van der Waals surface area contributed by atoms with Crippen LogP contribution in [0.25, 0.3) is 0 Å². The van der Waals surface area contributed by atoms with Crippen molar-refractivity contribution >= 4 is 0 Å². The van der Waals surface area contributed by atoms with Gasteiger partial charge in [-0.25, -0.2) is 9.07 Å². The highest BCUT2D eigenvalue weighted by Gasteiger charge is 2.21. The van der Waals surface area contributed by atoms with E-state index in [2.05, 4.69) is 10.00 Å². The van der Waals surface area contributed by atoms with E-state index in [-0.39, 0.29) is 18.0 Å². The van der Waals surface area contributed by atoms with Gasteiger partial charge < -0.3 is 9.84 Å². The zero-order valence-electron chi connectivity index (χ0n) is 14.2. The van der Waals surface area contributed by atoms with Gasteiger partial charge in [-0.3, -0.25) is 9.69 Å². The molecule has 1 N–H and O–H groups in total. The largest absolute Gasteiger partial charge is 0.491 e. The van der Waals surface area contributed by atoms with Gasteiger partial charge in [0.2, 0.25) is 0 Å². The van der Waals surface area contributed by atoms with Crippen LogP contribution < -0.4 is 10.3 Å². The van der Waals surface area contributed by atoms with Crippen molar-refractivity contribution in [3.8, 4) is 5.75 Å². The van der Waals surface area contributed by atoms with E-state index in [0.717, 1.165) is 24.2 Å². The molecule has 0 aliphatic carbocycles. The highest BCUT2D eigenvalue weighted by Crippen LogP contribution is 2.16. The van der Waals surface area contributed by atoms with Gasteiger partial charge in [0.1, 0.15) is 24.3 Å². The predicted octanol–water partition coefficient (Wildman–Crippen LogP) is 1.20. The third kappa shape index (κ3) is 4.43. The molecule has 0 amide bonds. The second-order valence-corrected chi connectivity index (χ2v) is 6.17. The molecule has 1 aromatic heterocycles. The molecule has 134 valence electrons. The first kappa shape index (κ1) is 17.6. The van der Waals surface area contributed by atoms with Crippen LogP contribution in [-0.4, -0.2) is 45.6 Å². The first-order chi connectivity index (χ1) is 12.0. The van der Waals surface area contributed by atoms with Gasteiger partial charge in [0.25, 0.3) is 5.56 Å². The molecule has 1 aliphatic heterocycles. The Morgan fingerprint density at radius 3 is 2.84 bits per heavy atom. The Kier molecular flexibility index (Phi) is 5.45. The third-order valence-electron chi connectivity index (χ3n) is 4.25. The number of β-amino-alcohol motifs (C(OH)–C–C–N with tert-alkyl or cyclic N) is 1. The van der Waals surface area contributed by atoms with Crippen LogP contribution >= 0.6 is 0 Å². The van der Waals surface area contributed by atoms with E-state index in [9.17, 15) is 14.3 Å². The standard InChI is InChI=1S/C18H22FN3O3/c1-2-22-18(24)9-13-10-21(8-7-17(13)20-22)11-15(23)12-25-16-5-3-14(19)4-6-16/h3-6,9,15,23H,2,7-8,10-12H2,1H3/t15-/m1/s1. The van der Waals surface area contributed by atoms with Crippen LogP contribution in [0, 0.1) is 5.82 Å². The molecule has 0 spiro atoms. The molecule has 0 fully saturated rings. The fraction of sp³-hybridized carbons (Fsp3) is 0.444. The zero-order chi connectivity index (χ0) is 17.8. The van der Waals surface area contributed by atoms with Gasteiger partial charge in [0, 0.05) is 38.7 Å². The van der Waals surface area contributed by atoms with E-state index < -0.39 is 6.10 Å². The molecule has 0 bridgehead atoms. The molecule has 2 heterocycles. The maximum Gasteiger partial charge on any atom is 0.267 e. The molecule has 25 heavy (non-hydrogen) atoms. The number of aliphatic hydroxyl groups excluding tert-OH is 1. The molecule has 6 nitrogen and oxygen atoms in total. The van der Waals surface area contributed by atoms with Gasteiger partial charge in [0.05, 0.1) is 5.69 Å². The van der Waals surface area contributed by atoms with Crippen LogP contribution in [0.2, 0.25) is 0 Å². The molecular weight excluding hydrogens is 325 g/mol. The van der Waals surface area contributed by atoms with Crippen LogP contribution in [0.15, 0.2) is 35.1 Å². The molecule has 3 rings (SSSR count). The second kappa shape index (κ2) is 7.76. The molecule has 2 aromatic rings. The van der Waals surface area contributed by atoms with Crippen LogP contribution in [-0.2, 0) is 19.5 Å². The van der Waals surface area contributed by atoms with Gasteiger partial charge in [-0.2, -0.15) is 5.10 Å². The van der Waals surface area contributed by atoms with Crippen LogP contribution in [0.3, 0.4) is 0 Å². The Balaban J connectivity index is 1.54. The monoisotopic (exact) mass is 347 g/mol. The van der Waals surface area contributed by atoms with Crippen molar-refractivity contribution in [2.75, 3.05) is 19.7 Å². The third-order valence-corrected chi connectivity index (χ3v) is 4.25. The fourth-order valence-corrected chi connectivity index (χ4v) is 2.95. The number of halogens is 1. The topological polar surface area (TPSA) is 67.6 Å². The minimum Gasteiger partial charge on any atom is -0.491 e. The number of ether oxygens (including phenoxy) is 1. The number of hydrogen-bond acceptors (Lipinski definition) is 5. The van der Waals surface area contributed by atoms with E-state index >= 15 is 0 Å². The lowest BCUT2D eigenvalue weighted by atomic mass is 10.1. The average Bonchev–Trinajstić information content (AvgIpc) is 2.60. The molecule has 1 aliphatic rings. The lowest BCUT2D eigenvalue weighted by molar-refractivity contribution is 0.0633. The van der Waals surface area contributed by atoms with E-state index in [0.29, 0.717) is 25.4 Å². The van der Waals surface area contributed by atoms with Crippen molar-refractivity contribution in [3.63, 3.8) is 0 Å². The zero-order valence-corrected chi connectivity index (χ0v) is 14.2. The van der Waals surface area contributed by atoms with Crippen molar-refractivity contribution in [2.45, 2.75) is 32.5 Å². The summed E-state index contributed by atoms with van der Waals surface area (Å²) in [7, 11) is 0. The summed E-state index contributed by atoms with van der Waals surface area (Å²) in [5, 5.41) is 14.6. The van der Waals surface area contributed by atoms with Crippen molar-refractivity contribution in [1.29, 1.82) is 0 Å². The molecule has 1 aromatic carbocycles. The minimum absolute atomic E-state index is 0.0942. The van der Waals surface area contributed by atoms with Crippen molar-refractivity contribution in [1.82, 2.24) is 14.7 Å². The SMILES string of the molecule is CCn1nc2c(cc1=O)CN(C[C@@H](O)COc1ccc(F)cc1)CC2. The highest BCUT2D eigenvalue weighted by molar-refractivity contribution is 5.22. The number of nitrogens with zero attached hydrogens (tertiary/aromatic N) is 3. The summed E-state index contributed by atoms with van der Waals surface area (Å²) in [6.07, 6.45) is 0.0804. The van der Waals surface area contributed by atoms with Crippen LogP contribution in [0.4, 0.5) is 4.39 Å². The Morgan fingerprint density at radius 1 is 1.36 bits per heavy atom. The van der Waals surface area contributed by atoms with E-state index in [4.69, 9.17) is 4.74 Å². The van der Waals surface area contributed by atoms with Crippen molar-refractivity contribution in [2.24, 2.45) is 0 Å². The van der Waals surface area contributed by atoms with Gasteiger partial charge in [-0.15, -0.1) is 0 Å². The number of fused-ring (bicyclic) bond motifs is 1. The molecule has 1 atom stereocenters. The predicted molar refractivity (Wildman–Crippen MR) is 91.1 cm³/mol. The Labute approximate surface area is 145 Å². The fourth-order valence-electron chi connectivity index (χ4n) is 2.95. The Hall–Kier alpha value is -2.25. The molecule has 0 unspecified atom stereocenters. The Morgan fingerprint density at radius 2 is 2.12 bits per heavy atom. The molecule has 0 radical (unpaired) electrons. The van der Waals surface area contributed by atoms with Gasteiger partial charge in [-0.1, -0.05) is 0 Å². The van der Waals surface area contributed by atoms with E-state index in [1.807, 2.05) is 6.92 Å². The molecule has 7 heteroatoms. The van der Waals surface area contributed by atoms with Crippen molar-refractivity contribution in [3.05, 3.63) is 57.8 Å². The second-order valence-electron chi connectivity index (χ2n) is 6.17. The molecular formula is C18H22FN3O3.